The minimum atomic E-state index is -2.42. The van der Waals surface area contributed by atoms with Crippen LogP contribution in [-0.4, -0.2) is 50.1 Å². The van der Waals surface area contributed by atoms with E-state index in [0.29, 0.717) is 39.5 Å². The lowest BCUT2D eigenvalue weighted by molar-refractivity contribution is 0.0441. The molecule has 163 valence electrons. The van der Waals surface area contributed by atoms with Crippen LogP contribution in [0, 0.1) is 5.92 Å². The first-order valence-corrected chi connectivity index (χ1v) is 14.4. The van der Waals surface area contributed by atoms with Crippen molar-refractivity contribution in [3.05, 3.63) is 30.0 Å². The summed E-state index contributed by atoms with van der Waals surface area (Å²) in [6, 6.07) is -0.0378. The van der Waals surface area contributed by atoms with Crippen molar-refractivity contribution >= 4 is 40.6 Å². The van der Waals surface area contributed by atoms with E-state index in [2.05, 4.69) is 68.6 Å². The Balaban J connectivity index is 1.69. The number of aromatic nitrogens is 4. The van der Waals surface area contributed by atoms with Gasteiger partial charge in [0.15, 0.2) is 10.8 Å². The number of hydrogen-bond acceptors (Lipinski definition) is 6. The Morgan fingerprint density at radius 2 is 1.83 bits per heavy atom. The molecule has 0 aromatic carbocycles. The standard InChI is InChI=1S/C20H30ClN4O3Si2/c1-12(2)29-27-18-15(9-26-30(28-29,13(3)4)14(5)6)7-8-16(18)25-11-24-17-19(21)22-10-23-20(17)25/h7-8,10-16,18H,9H2,1-6H3/t15-,16-,18-/m1/s1. The molecule has 1 saturated heterocycles. The average Bonchev–Trinajstić information content (AvgIpc) is 3.25. The summed E-state index contributed by atoms with van der Waals surface area (Å²) >= 11 is 6.21. The van der Waals surface area contributed by atoms with Crippen LogP contribution in [0.25, 0.3) is 11.2 Å². The number of nitrogens with zero attached hydrogens (tertiary/aromatic N) is 4. The Hall–Kier alpha value is -1.11. The molecule has 0 unspecified atom stereocenters. The predicted molar refractivity (Wildman–Crippen MR) is 121 cm³/mol. The van der Waals surface area contributed by atoms with E-state index in [-0.39, 0.29) is 18.1 Å². The van der Waals surface area contributed by atoms with E-state index < -0.39 is 17.8 Å². The van der Waals surface area contributed by atoms with Gasteiger partial charge in [-0.2, -0.15) is 0 Å². The normalized spacial score (nSPS) is 27.2. The first kappa shape index (κ1) is 22.1. The van der Waals surface area contributed by atoms with E-state index in [9.17, 15) is 0 Å². The highest BCUT2D eigenvalue weighted by molar-refractivity contribution is 6.76. The van der Waals surface area contributed by atoms with Crippen molar-refractivity contribution in [1.82, 2.24) is 19.5 Å². The van der Waals surface area contributed by atoms with Crippen molar-refractivity contribution in [1.29, 1.82) is 0 Å². The first-order chi connectivity index (χ1) is 14.2. The molecule has 1 fully saturated rings. The largest absolute Gasteiger partial charge is 0.413 e. The summed E-state index contributed by atoms with van der Waals surface area (Å²) in [5, 5.41) is 0.360. The maximum Gasteiger partial charge on any atom is 0.378 e. The molecule has 2 aromatic rings. The fourth-order valence-electron chi connectivity index (χ4n) is 4.39. The molecular formula is C20H30ClN4O3Si2. The number of imidazole rings is 1. The van der Waals surface area contributed by atoms with Crippen LogP contribution >= 0.6 is 11.6 Å². The molecule has 4 rings (SSSR count). The van der Waals surface area contributed by atoms with Gasteiger partial charge in [0.25, 0.3) is 0 Å². The minimum absolute atomic E-state index is 0.0378. The maximum atomic E-state index is 6.84. The van der Waals surface area contributed by atoms with Gasteiger partial charge in [-0.05, 0) is 16.6 Å². The zero-order chi connectivity index (χ0) is 21.6. The second-order valence-corrected chi connectivity index (χ2v) is 16.3. The van der Waals surface area contributed by atoms with Gasteiger partial charge in [0.2, 0.25) is 0 Å². The van der Waals surface area contributed by atoms with E-state index >= 15 is 0 Å². The molecule has 0 spiro atoms. The molecule has 3 atom stereocenters. The zero-order valence-electron chi connectivity index (χ0n) is 18.4. The third kappa shape index (κ3) is 3.69. The van der Waals surface area contributed by atoms with Crippen LogP contribution in [0.2, 0.25) is 21.8 Å². The van der Waals surface area contributed by atoms with Gasteiger partial charge in [-0.25, -0.2) is 15.0 Å². The van der Waals surface area contributed by atoms with Gasteiger partial charge in [-0.15, -0.1) is 0 Å². The summed E-state index contributed by atoms with van der Waals surface area (Å²) in [7, 11) is -3.97. The molecular weight excluding hydrogens is 436 g/mol. The van der Waals surface area contributed by atoms with E-state index in [1.807, 2.05) is 4.57 Å². The van der Waals surface area contributed by atoms with Crippen molar-refractivity contribution in [2.75, 3.05) is 6.61 Å². The highest BCUT2D eigenvalue weighted by atomic mass is 35.5. The Morgan fingerprint density at radius 3 is 2.50 bits per heavy atom. The number of rotatable bonds is 4. The molecule has 30 heavy (non-hydrogen) atoms. The average molecular weight is 466 g/mol. The van der Waals surface area contributed by atoms with Gasteiger partial charge in [-0.3, -0.25) is 0 Å². The lowest BCUT2D eigenvalue weighted by Crippen LogP contribution is -2.57. The second-order valence-electron chi connectivity index (χ2n) is 9.03. The van der Waals surface area contributed by atoms with Crippen molar-refractivity contribution in [3.8, 4) is 0 Å². The summed E-state index contributed by atoms with van der Waals surface area (Å²) in [5.41, 5.74) is 2.33. The number of fused-ring (bicyclic) bond motifs is 2. The minimum Gasteiger partial charge on any atom is -0.413 e. The molecule has 3 heterocycles. The lowest BCUT2D eigenvalue weighted by Gasteiger charge is -2.44. The second kappa shape index (κ2) is 8.44. The van der Waals surface area contributed by atoms with Crippen molar-refractivity contribution in [2.24, 2.45) is 5.92 Å². The highest BCUT2D eigenvalue weighted by Crippen LogP contribution is 2.42. The Morgan fingerprint density at radius 1 is 1.10 bits per heavy atom. The predicted octanol–water partition coefficient (Wildman–Crippen LogP) is 4.80. The Bertz CT molecular complexity index is 928. The summed E-state index contributed by atoms with van der Waals surface area (Å²) in [6.45, 7) is 13.9. The molecule has 10 heteroatoms. The number of hydrogen-bond donors (Lipinski definition) is 0. The highest BCUT2D eigenvalue weighted by Gasteiger charge is 2.52. The fraction of sp³-hybridized carbons (Fsp3) is 0.650. The van der Waals surface area contributed by atoms with Crippen molar-refractivity contribution in [3.63, 3.8) is 0 Å². The molecule has 1 aliphatic carbocycles. The van der Waals surface area contributed by atoms with E-state index in [4.69, 9.17) is 24.6 Å². The number of halogens is 1. The van der Waals surface area contributed by atoms with Crippen LogP contribution in [0.15, 0.2) is 24.8 Å². The zero-order valence-corrected chi connectivity index (χ0v) is 21.1. The lowest BCUT2D eigenvalue weighted by atomic mass is 10.1. The summed E-state index contributed by atoms with van der Waals surface area (Å²) < 4.78 is 22.4. The van der Waals surface area contributed by atoms with Crippen LogP contribution in [0.3, 0.4) is 0 Å². The van der Waals surface area contributed by atoms with Gasteiger partial charge in [0, 0.05) is 12.5 Å². The molecule has 0 saturated carbocycles. The molecule has 2 aromatic heterocycles. The van der Waals surface area contributed by atoms with Gasteiger partial charge < -0.3 is 17.5 Å². The summed E-state index contributed by atoms with van der Waals surface area (Å²) in [4.78, 5) is 12.9. The molecule has 2 aliphatic rings. The molecule has 1 aliphatic heterocycles. The van der Waals surface area contributed by atoms with E-state index in [1.54, 1.807) is 6.33 Å². The Kier molecular flexibility index (Phi) is 6.22. The van der Waals surface area contributed by atoms with Crippen LogP contribution < -0.4 is 0 Å². The van der Waals surface area contributed by atoms with Gasteiger partial charge in [0.1, 0.15) is 11.8 Å². The summed E-state index contributed by atoms with van der Waals surface area (Å²) in [5.74, 6) is 0.164. The van der Waals surface area contributed by atoms with Crippen molar-refractivity contribution in [2.45, 2.75) is 70.3 Å². The fourth-order valence-corrected chi connectivity index (χ4v) is 12.4. The van der Waals surface area contributed by atoms with Crippen LogP contribution in [0.5, 0.6) is 0 Å². The first-order valence-electron chi connectivity index (χ1n) is 10.6. The van der Waals surface area contributed by atoms with Crippen LogP contribution in [-0.2, 0) is 13.0 Å². The van der Waals surface area contributed by atoms with Crippen molar-refractivity contribution < 1.29 is 13.0 Å². The smallest absolute Gasteiger partial charge is 0.378 e. The van der Waals surface area contributed by atoms with Crippen LogP contribution in [0.1, 0.15) is 47.6 Å². The topological polar surface area (TPSA) is 71.3 Å². The monoisotopic (exact) mass is 465 g/mol. The Labute approximate surface area is 185 Å². The molecule has 0 bridgehead atoms. The van der Waals surface area contributed by atoms with E-state index in [1.165, 1.54) is 6.33 Å². The SMILES string of the molecule is CC(C)[Si]1O[C@@H]2[C@H](C=C[C@H]2n2cnc3c(Cl)ncnc32)CO[Si](C(C)C)(C(C)C)O1. The third-order valence-electron chi connectivity index (χ3n) is 6.04. The molecule has 0 amide bonds. The van der Waals surface area contributed by atoms with Gasteiger partial charge >= 0.3 is 17.8 Å². The van der Waals surface area contributed by atoms with Gasteiger partial charge in [0.05, 0.1) is 18.5 Å². The van der Waals surface area contributed by atoms with Crippen LogP contribution in [0.4, 0.5) is 0 Å². The quantitative estimate of drug-likeness (QED) is 0.367. The molecule has 7 nitrogen and oxygen atoms in total. The van der Waals surface area contributed by atoms with Gasteiger partial charge in [-0.1, -0.05) is 65.3 Å². The maximum absolute atomic E-state index is 6.84. The third-order valence-corrected chi connectivity index (χ3v) is 13.7. The summed E-state index contributed by atoms with van der Waals surface area (Å²) in [6.07, 6.45) is 7.55. The molecule has 1 radical (unpaired) electrons. The molecule has 0 N–H and O–H groups in total. The van der Waals surface area contributed by atoms with E-state index in [0.717, 1.165) is 0 Å².